The third-order valence-corrected chi connectivity index (χ3v) is 4.59. The van der Waals surface area contributed by atoms with E-state index in [4.69, 9.17) is 4.74 Å². The Morgan fingerprint density at radius 1 is 1.15 bits per heavy atom. The third kappa shape index (κ3) is 2.21. The van der Waals surface area contributed by atoms with Crippen molar-refractivity contribution in [1.82, 2.24) is 4.90 Å². The van der Waals surface area contributed by atoms with Crippen molar-refractivity contribution in [3.63, 3.8) is 0 Å². The van der Waals surface area contributed by atoms with Gasteiger partial charge in [-0.25, -0.2) is 0 Å². The summed E-state index contributed by atoms with van der Waals surface area (Å²) in [5.74, 6) is 1.32. The Hall–Kier alpha value is -1.77. The molecule has 0 saturated heterocycles. The van der Waals surface area contributed by atoms with Crippen LogP contribution in [0.3, 0.4) is 0 Å². The second-order valence-electron chi connectivity index (χ2n) is 5.76. The van der Waals surface area contributed by atoms with Crippen LogP contribution in [0.2, 0.25) is 0 Å². The molecule has 1 fully saturated rings. The summed E-state index contributed by atoms with van der Waals surface area (Å²) in [6.07, 6.45) is 6.61. The first-order valence-electron chi connectivity index (χ1n) is 7.33. The molecular weight excluding hydrogens is 250 g/mol. The summed E-state index contributed by atoms with van der Waals surface area (Å²) in [4.78, 5) is 15.0. The van der Waals surface area contributed by atoms with E-state index in [9.17, 15) is 4.79 Å². The number of rotatable bonds is 2. The molecule has 1 heterocycles. The third-order valence-electron chi connectivity index (χ3n) is 4.59. The molecule has 1 aromatic rings. The molecule has 1 aliphatic heterocycles. The molecule has 106 valence electrons. The van der Waals surface area contributed by atoms with E-state index in [0.717, 1.165) is 29.7 Å². The number of benzene rings is 1. The summed E-state index contributed by atoms with van der Waals surface area (Å²) in [6, 6.07) is 8.17. The van der Waals surface area contributed by atoms with Gasteiger partial charge < -0.3 is 9.64 Å². The van der Waals surface area contributed by atoms with E-state index in [1.807, 2.05) is 30.5 Å². The number of allylic oxidation sites excluding steroid dienone is 1. The fourth-order valence-corrected chi connectivity index (χ4v) is 3.45. The van der Waals surface area contributed by atoms with Gasteiger partial charge in [-0.05, 0) is 30.5 Å². The van der Waals surface area contributed by atoms with Gasteiger partial charge in [0.15, 0.2) is 5.78 Å². The van der Waals surface area contributed by atoms with Gasteiger partial charge in [0.1, 0.15) is 5.75 Å². The number of fused-ring (bicyclic) bond motifs is 1. The first kappa shape index (κ1) is 13.2. The molecule has 0 amide bonds. The summed E-state index contributed by atoms with van der Waals surface area (Å²) >= 11 is 0. The van der Waals surface area contributed by atoms with Crippen molar-refractivity contribution in [2.24, 2.45) is 5.92 Å². The number of ketones is 1. The number of hydrogen-bond donors (Lipinski definition) is 0. The molecule has 20 heavy (non-hydrogen) atoms. The first-order valence-corrected chi connectivity index (χ1v) is 7.33. The van der Waals surface area contributed by atoms with Crippen molar-refractivity contribution >= 4 is 11.4 Å². The average Bonchev–Trinajstić information content (AvgIpc) is 2.51. The van der Waals surface area contributed by atoms with Crippen LogP contribution in [0.4, 0.5) is 0 Å². The van der Waals surface area contributed by atoms with E-state index in [1.54, 1.807) is 7.11 Å². The molecule has 0 bridgehead atoms. The molecule has 2 atom stereocenters. The molecule has 1 aromatic carbocycles. The lowest BCUT2D eigenvalue weighted by Gasteiger charge is -2.40. The highest BCUT2D eigenvalue weighted by atomic mass is 16.5. The van der Waals surface area contributed by atoms with Crippen molar-refractivity contribution < 1.29 is 9.53 Å². The predicted molar refractivity (Wildman–Crippen MR) is 79.5 cm³/mol. The van der Waals surface area contributed by atoms with Gasteiger partial charge in [-0.3, -0.25) is 4.79 Å². The van der Waals surface area contributed by atoms with Crippen molar-refractivity contribution in [2.75, 3.05) is 14.2 Å². The highest BCUT2D eigenvalue weighted by Crippen LogP contribution is 2.37. The molecule has 1 aliphatic carbocycles. The molecule has 0 aromatic heterocycles. The smallest absolute Gasteiger partial charge is 0.170 e. The fraction of sp³-hybridized carbons (Fsp3) is 0.471. The second-order valence-corrected chi connectivity index (χ2v) is 5.76. The van der Waals surface area contributed by atoms with E-state index in [0.29, 0.717) is 11.8 Å². The number of Topliss-reactive ketones (excluding diaryl/α,β-unsaturated/α-hetero) is 1. The molecule has 0 spiro atoms. The molecule has 0 N–H and O–H groups in total. The molecule has 3 rings (SSSR count). The SMILES string of the molecule is COc1ccc(C2=CN(C)[C@@H]3CCCC[C@H]3C2=O)cc1. The zero-order chi connectivity index (χ0) is 14.1. The topological polar surface area (TPSA) is 29.5 Å². The Kier molecular flexibility index (Phi) is 3.51. The van der Waals surface area contributed by atoms with Crippen LogP contribution < -0.4 is 4.74 Å². The summed E-state index contributed by atoms with van der Waals surface area (Å²) < 4.78 is 5.18. The highest BCUT2D eigenvalue weighted by molar-refractivity contribution is 6.22. The van der Waals surface area contributed by atoms with E-state index in [-0.39, 0.29) is 5.92 Å². The lowest BCUT2D eigenvalue weighted by Crippen LogP contribution is -2.44. The minimum atomic E-state index is 0.177. The Labute approximate surface area is 120 Å². The highest BCUT2D eigenvalue weighted by Gasteiger charge is 2.38. The van der Waals surface area contributed by atoms with Gasteiger partial charge in [-0.1, -0.05) is 25.0 Å². The van der Waals surface area contributed by atoms with E-state index in [1.165, 1.54) is 12.8 Å². The Morgan fingerprint density at radius 2 is 1.85 bits per heavy atom. The molecule has 3 heteroatoms. The van der Waals surface area contributed by atoms with E-state index in [2.05, 4.69) is 11.9 Å². The van der Waals surface area contributed by atoms with Crippen molar-refractivity contribution in [3.8, 4) is 5.75 Å². The maximum Gasteiger partial charge on any atom is 0.170 e. The largest absolute Gasteiger partial charge is 0.497 e. The van der Waals surface area contributed by atoms with Gasteiger partial charge in [0.05, 0.1) is 7.11 Å². The molecule has 1 saturated carbocycles. The normalized spacial score (nSPS) is 26.0. The van der Waals surface area contributed by atoms with Crippen molar-refractivity contribution in [2.45, 2.75) is 31.7 Å². The van der Waals surface area contributed by atoms with Crippen LogP contribution in [0.15, 0.2) is 30.5 Å². The predicted octanol–water partition coefficient (Wildman–Crippen LogP) is 3.11. The standard InChI is InChI=1S/C17H21NO2/c1-18-11-15(12-7-9-13(20-2)10-8-12)17(19)14-5-3-4-6-16(14)18/h7-11,14,16H,3-6H2,1-2H3/t14-,16-/m1/s1. The minimum absolute atomic E-state index is 0.177. The molecular formula is C17H21NO2. The molecule has 0 radical (unpaired) electrons. The van der Waals surface area contributed by atoms with Crippen LogP contribution in [0, 0.1) is 5.92 Å². The maximum atomic E-state index is 12.7. The lowest BCUT2D eigenvalue weighted by atomic mass is 9.76. The van der Waals surface area contributed by atoms with Crippen LogP contribution in [0.1, 0.15) is 31.2 Å². The number of carbonyl (C=O) groups excluding carboxylic acids is 1. The average molecular weight is 271 g/mol. The van der Waals surface area contributed by atoms with Crippen LogP contribution >= 0.6 is 0 Å². The zero-order valence-electron chi connectivity index (χ0n) is 12.1. The summed E-state index contributed by atoms with van der Waals surface area (Å²) in [7, 11) is 3.75. The summed E-state index contributed by atoms with van der Waals surface area (Å²) in [5.41, 5.74) is 1.84. The number of hydrogen-bond acceptors (Lipinski definition) is 3. The van der Waals surface area contributed by atoms with E-state index >= 15 is 0 Å². The van der Waals surface area contributed by atoms with Gasteiger partial charge in [0.2, 0.25) is 0 Å². The van der Waals surface area contributed by atoms with Crippen molar-refractivity contribution in [1.29, 1.82) is 0 Å². The minimum Gasteiger partial charge on any atom is -0.497 e. The Balaban J connectivity index is 1.93. The maximum absolute atomic E-state index is 12.7. The van der Waals surface area contributed by atoms with Gasteiger partial charge in [0.25, 0.3) is 0 Å². The number of methoxy groups -OCH3 is 1. The van der Waals surface area contributed by atoms with Gasteiger partial charge in [0, 0.05) is 30.8 Å². The zero-order valence-corrected chi connectivity index (χ0v) is 12.1. The lowest BCUT2D eigenvalue weighted by molar-refractivity contribution is -0.120. The molecule has 0 unspecified atom stereocenters. The van der Waals surface area contributed by atoms with Gasteiger partial charge in [-0.15, -0.1) is 0 Å². The van der Waals surface area contributed by atoms with Gasteiger partial charge >= 0.3 is 0 Å². The van der Waals surface area contributed by atoms with Gasteiger partial charge in [-0.2, -0.15) is 0 Å². The van der Waals surface area contributed by atoms with Crippen LogP contribution in [0.25, 0.3) is 5.57 Å². The number of ether oxygens (including phenoxy) is 1. The number of nitrogens with zero attached hydrogens (tertiary/aromatic N) is 1. The number of carbonyl (C=O) groups is 1. The molecule has 3 nitrogen and oxygen atoms in total. The monoisotopic (exact) mass is 271 g/mol. The van der Waals surface area contributed by atoms with E-state index < -0.39 is 0 Å². The second kappa shape index (κ2) is 5.31. The summed E-state index contributed by atoms with van der Waals surface area (Å²) in [6.45, 7) is 0. The van der Waals surface area contributed by atoms with Crippen LogP contribution in [-0.4, -0.2) is 30.9 Å². The fourth-order valence-electron chi connectivity index (χ4n) is 3.45. The summed E-state index contributed by atoms with van der Waals surface area (Å²) in [5, 5.41) is 0. The first-order chi connectivity index (χ1) is 9.70. The molecule has 2 aliphatic rings. The Morgan fingerprint density at radius 3 is 2.55 bits per heavy atom. The van der Waals surface area contributed by atoms with Crippen LogP contribution in [-0.2, 0) is 4.79 Å². The van der Waals surface area contributed by atoms with Crippen molar-refractivity contribution in [3.05, 3.63) is 36.0 Å². The quantitative estimate of drug-likeness (QED) is 0.827. The Bertz CT molecular complexity index is 532. The van der Waals surface area contributed by atoms with Crippen LogP contribution in [0.5, 0.6) is 5.75 Å².